The molecule has 0 saturated carbocycles. The summed E-state index contributed by atoms with van der Waals surface area (Å²) in [6, 6.07) is 3.48. The van der Waals surface area contributed by atoms with Crippen molar-refractivity contribution in [2.75, 3.05) is 5.84 Å². The van der Waals surface area contributed by atoms with E-state index in [0.717, 1.165) is 4.68 Å². The standard InChI is InChI=1S/C6H6N4O/c7-10-5-4(9-6(10)11)2-1-3-8-5/h1-3H,7H2,(H,9,11). The average molecular weight is 150 g/mol. The van der Waals surface area contributed by atoms with Gasteiger partial charge in [0.15, 0.2) is 5.65 Å². The molecule has 2 aromatic heterocycles. The van der Waals surface area contributed by atoms with Crippen molar-refractivity contribution in [1.29, 1.82) is 0 Å². The number of fused-ring (bicyclic) bond motifs is 1. The van der Waals surface area contributed by atoms with Gasteiger partial charge in [0.1, 0.15) is 0 Å². The second kappa shape index (κ2) is 1.85. The molecule has 2 aromatic rings. The summed E-state index contributed by atoms with van der Waals surface area (Å²) < 4.78 is 0.981. The maximum Gasteiger partial charge on any atom is 0.346 e. The Morgan fingerprint density at radius 3 is 3.18 bits per heavy atom. The molecule has 0 amide bonds. The van der Waals surface area contributed by atoms with Gasteiger partial charge in [-0.3, -0.25) is 0 Å². The number of nitrogens with two attached hydrogens (primary N) is 1. The SMILES string of the molecule is Nn1c(=O)[nH]c2cccnc21. The van der Waals surface area contributed by atoms with Gasteiger partial charge in [-0.2, -0.15) is 4.68 Å². The summed E-state index contributed by atoms with van der Waals surface area (Å²) in [4.78, 5) is 17.3. The smallest absolute Gasteiger partial charge is 0.333 e. The van der Waals surface area contributed by atoms with E-state index in [-0.39, 0.29) is 5.69 Å². The highest BCUT2D eigenvalue weighted by molar-refractivity contribution is 5.69. The van der Waals surface area contributed by atoms with Crippen molar-refractivity contribution in [1.82, 2.24) is 14.6 Å². The lowest BCUT2D eigenvalue weighted by Gasteiger charge is -1.88. The number of rotatable bonds is 0. The number of aromatic nitrogens is 3. The molecular weight excluding hydrogens is 144 g/mol. The molecule has 0 radical (unpaired) electrons. The molecule has 0 unspecified atom stereocenters. The number of hydrogen-bond donors (Lipinski definition) is 2. The van der Waals surface area contributed by atoms with E-state index in [0.29, 0.717) is 11.2 Å². The number of pyridine rings is 1. The molecule has 0 atom stereocenters. The Morgan fingerprint density at radius 1 is 1.64 bits per heavy atom. The van der Waals surface area contributed by atoms with Crippen molar-refractivity contribution < 1.29 is 0 Å². The minimum absolute atomic E-state index is 0.348. The van der Waals surface area contributed by atoms with Crippen LogP contribution < -0.4 is 11.5 Å². The van der Waals surface area contributed by atoms with Gasteiger partial charge < -0.3 is 10.8 Å². The van der Waals surface area contributed by atoms with Gasteiger partial charge in [-0.15, -0.1) is 0 Å². The molecule has 0 aliphatic heterocycles. The molecule has 0 aliphatic carbocycles. The normalized spacial score (nSPS) is 10.5. The van der Waals surface area contributed by atoms with Crippen LogP contribution in [0.15, 0.2) is 23.1 Å². The van der Waals surface area contributed by atoms with Crippen molar-refractivity contribution in [2.24, 2.45) is 0 Å². The Kier molecular flexibility index (Phi) is 1.00. The van der Waals surface area contributed by atoms with Crippen LogP contribution in [-0.2, 0) is 0 Å². The van der Waals surface area contributed by atoms with Crippen LogP contribution >= 0.6 is 0 Å². The molecule has 0 spiro atoms. The van der Waals surface area contributed by atoms with E-state index in [1.807, 2.05) is 0 Å². The maximum absolute atomic E-state index is 10.9. The lowest BCUT2D eigenvalue weighted by molar-refractivity contribution is 0.952. The quantitative estimate of drug-likeness (QED) is 0.494. The summed E-state index contributed by atoms with van der Waals surface area (Å²) in [6.07, 6.45) is 1.58. The third kappa shape index (κ3) is 0.706. The van der Waals surface area contributed by atoms with Crippen molar-refractivity contribution >= 4 is 11.2 Å². The first kappa shape index (κ1) is 5.96. The molecule has 2 heterocycles. The van der Waals surface area contributed by atoms with Gasteiger partial charge in [-0.25, -0.2) is 9.78 Å². The first-order valence-corrected chi connectivity index (χ1v) is 3.10. The third-order valence-electron chi connectivity index (χ3n) is 1.48. The molecule has 2 rings (SSSR count). The Hall–Kier alpha value is -1.78. The lowest BCUT2D eigenvalue weighted by Crippen LogP contribution is -2.24. The molecule has 5 heteroatoms. The lowest BCUT2D eigenvalue weighted by atomic mass is 10.4. The molecule has 0 saturated heterocycles. The zero-order valence-corrected chi connectivity index (χ0v) is 5.61. The van der Waals surface area contributed by atoms with Crippen molar-refractivity contribution in [3.63, 3.8) is 0 Å². The molecular formula is C6H6N4O. The second-order valence-electron chi connectivity index (χ2n) is 2.17. The van der Waals surface area contributed by atoms with Crippen molar-refractivity contribution in [3.05, 3.63) is 28.8 Å². The number of nitrogen functional groups attached to an aromatic ring is 1. The van der Waals surface area contributed by atoms with Crippen LogP contribution in [0.25, 0.3) is 11.2 Å². The van der Waals surface area contributed by atoms with Gasteiger partial charge in [-0.05, 0) is 12.1 Å². The van der Waals surface area contributed by atoms with Crippen LogP contribution in [-0.4, -0.2) is 14.6 Å². The summed E-state index contributed by atoms with van der Waals surface area (Å²) in [6.45, 7) is 0. The minimum Gasteiger partial charge on any atom is -0.333 e. The monoisotopic (exact) mass is 150 g/mol. The van der Waals surface area contributed by atoms with Crippen molar-refractivity contribution in [3.8, 4) is 0 Å². The predicted octanol–water partition coefficient (Wildman–Crippen LogP) is -0.562. The first-order valence-electron chi connectivity index (χ1n) is 3.10. The predicted molar refractivity (Wildman–Crippen MR) is 40.5 cm³/mol. The van der Waals surface area contributed by atoms with E-state index in [9.17, 15) is 4.79 Å². The van der Waals surface area contributed by atoms with E-state index >= 15 is 0 Å². The van der Waals surface area contributed by atoms with Crippen molar-refractivity contribution in [2.45, 2.75) is 0 Å². The van der Waals surface area contributed by atoms with E-state index in [4.69, 9.17) is 5.84 Å². The van der Waals surface area contributed by atoms with Crippen LogP contribution in [0.1, 0.15) is 0 Å². The zero-order valence-electron chi connectivity index (χ0n) is 5.61. The second-order valence-corrected chi connectivity index (χ2v) is 2.17. The van der Waals surface area contributed by atoms with Crippen LogP contribution in [0.3, 0.4) is 0 Å². The van der Waals surface area contributed by atoms with Gasteiger partial charge in [0.05, 0.1) is 5.52 Å². The molecule has 0 bridgehead atoms. The van der Waals surface area contributed by atoms with Crippen LogP contribution in [0.4, 0.5) is 0 Å². The number of imidazole rings is 1. The molecule has 0 aromatic carbocycles. The highest BCUT2D eigenvalue weighted by atomic mass is 16.1. The van der Waals surface area contributed by atoms with Gasteiger partial charge in [0.25, 0.3) is 0 Å². The summed E-state index contributed by atoms with van der Waals surface area (Å²) in [5.74, 6) is 5.35. The fourth-order valence-corrected chi connectivity index (χ4v) is 0.958. The summed E-state index contributed by atoms with van der Waals surface area (Å²) in [5.41, 5.74) is 0.774. The first-order chi connectivity index (χ1) is 5.29. The number of hydrogen-bond acceptors (Lipinski definition) is 3. The van der Waals surface area contributed by atoms with Crippen LogP contribution in [0, 0.1) is 0 Å². The maximum atomic E-state index is 10.9. The topological polar surface area (TPSA) is 76.7 Å². The van der Waals surface area contributed by atoms with Gasteiger partial charge in [0, 0.05) is 6.20 Å². The number of H-pyrrole nitrogens is 1. The highest BCUT2D eigenvalue weighted by Crippen LogP contribution is 2.01. The molecule has 11 heavy (non-hydrogen) atoms. The van der Waals surface area contributed by atoms with Gasteiger partial charge in [0.2, 0.25) is 0 Å². The molecule has 5 nitrogen and oxygen atoms in total. The summed E-state index contributed by atoms with van der Waals surface area (Å²) >= 11 is 0. The molecule has 0 fully saturated rings. The summed E-state index contributed by atoms with van der Waals surface area (Å²) in [5, 5.41) is 0. The number of nitrogens with one attached hydrogen (secondary N) is 1. The third-order valence-corrected chi connectivity index (χ3v) is 1.48. The molecule has 3 N–H and O–H groups in total. The van der Waals surface area contributed by atoms with E-state index in [1.165, 1.54) is 0 Å². The molecule has 0 aliphatic rings. The molecule has 56 valence electrons. The fourth-order valence-electron chi connectivity index (χ4n) is 0.958. The Morgan fingerprint density at radius 2 is 2.45 bits per heavy atom. The Labute approximate surface area is 61.4 Å². The average Bonchev–Trinajstić information content (AvgIpc) is 2.30. The largest absolute Gasteiger partial charge is 0.346 e. The number of aromatic amines is 1. The van der Waals surface area contributed by atoms with Gasteiger partial charge in [-0.1, -0.05) is 0 Å². The minimum atomic E-state index is -0.348. The summed E-state index contributed by atoms with van der Waals surface area (Å²) in [7, 11) is 0. The Bertz CT molecular complexity index is 441. The van der Waals surface area contributed by atoms with E-state index < -0.39 is 0 Å². The van der Waals surface area contributed by atoms with E-state index in [2.05, 4.69) is 9.97 Å². The van der Waals surface area contributed by atoms with E-state index in [1.54, 1.807) is 18.3 Å². The van der Waals surface area contributed by atoms with Gasteiger partial charge >= 0.3 is 5.69 Å². The van der Waals surface area contributed by atoms with Crippen LogP contribution in [0.2, 0.25) is 0 Å². The fraction of sp³-hybridized carbons (Fsp3) is 0. The van der Waals surface area contributed by atoms with Crippen LogP contribution in [0.5, 0.6) is 0 Å². The Balaban J connectivity index is 3.04. The highest BCUT2D eigenvalue weighted by Gasteiger charge is 2.01. The zero-order chi connectivity index (χ0) is 7.84. The number of nitrogens with zero attached hydrogens (tertiary/aromatic N) is 2.